The standard InChI is InChI=1S/C29H28FN7O4S/c1-4-41-24(38)12-22-16-42-28(33-22)35-27-31-14-20-15-37(29(40)36(3)25(20)34-27)23-11-21(9-8-17(23)2)32-26(39)19-7-5-6-18(10-19)13-30/h5-11,14,16H,4,12-13,15H2,1-3H3,(H,32,39)(H,31,33,34,35). The van der Waals surface area contributed by atoms with Crippen LogP contribution in [0, 0.1) is 6.92 Å². The lowest BCUT2D eigenvalue weighted by atomic mass is 10.1. The van der Waals surface area contributed by atoms with Gasteiger partial charge in [0.25, 0.3) is 5.91 Å². The molecule has 1 aliphatic heterocycles. The second-order valence-corrected chi connectivity index (χ2v) is 10.4. The minimum absolute atomic E-state index is 0.0702. The third-order valence-corrected chi connectivity index (χ3v) is 7.31. The molecule has 0 saturated heterocycles. The van der Waals surface area contributed by atoms with E-state index in [-0.39, 0.29) is 36.8 Å². The zero-order chi connectivity index (χ0) is 29.8. The molecule has 0 saturated carbocycles. The predicted molar refractivity (Wildman–Crippen MR) is 158 cm³/mol. The summed E-state index contributed by atoms with van der Waals surface area (Å²) in [6.07, 6.45) is 1.72. The van der Waals surface area contributed by atoms with Crippen LogP contribution in [0.1, 0.15) is 39.7 Å². The predicted octanol–water partition coefficient (Wildman–Crippen LogP) is 5.39. The number of alkyl halides is 1. The van der Waals surface area contributed by atoms with Gasteiger partial charge in [0, 0.05) is 35.4 Å². The van der Waals surface area contributed by atoms with Crippen molar-refractivity contribution in [2.75, 3.05) is 34.1 Å². The number of aromatic nitrogens is 3. The van der Waals surface area contributed by atoms with E-state index in [1.807, 2.05) is 13.0 Å². The maximum atomic E-state index is 13.5. The molecule has 216 valence electrons. The first-order valence-electron chi connectivity index (χ1n) is 13.1. The molecule has 0 spiro atoms. The first kappa shape index (κ1) is 28.6. The van der Waals surface area contributed by atoms with Crippen LogP contribution < -0.4 is 20.4 Å². The number of urea groups is 1. The van der Waals surface area contributed by atoms with Crippen molar-refractivity contribution in [3.63, 3.8) is 0 Å². The molecule has 3 amide bonds. The van der Waals surface area contributed by atoms with E-state index >= 15 is 0 Å². The Bertz CT molecular complexity index is 1660. The van der Waals surface area contributed by atoms with Crippen LogP contribution in [0.15, 0.2) is 54.0 Å². The first-order chi connectivity index (χ1) is 20.2. The summed E-state index contributed by atoms with van der Waals surface area (Å²) in [4.78, 5) is 54.4. The van der Waals surface area contributed by atoms with Gasteiger partial charge in [0.2, 0.25) is 5.95 Å². The van der Waals surface area contributed by atoms with Crippen molar-refractivity contribution >= 4 is 57.5 Å². The zero-order valence-electron chi connectivity index (χ0n) is 23.2. The molecule has 3 heterocycles. The van der Waals surface area contributed by atoms with Gasteiger partial charge in [-0.3, -0.25) is 24.7 Å². The number of ether oxygens (including phenoxy) is 1. The minimum Gasteiger partial charge on any atom is -0.466 e. The van der Waals surface area contributed by atoms with Gasteiger partial charge in [-0.15, -0.1) is 11.3 Å². The highest BCUT2D eigenvalue weighted by Gasteiger charge is 2.31. The second-order valence-electron chi connectivity index (χ2n) is 9.51. The normalized spacial score (nSPS) is 12.6. The third kappa shape index (κ3) is 6.20. The molecular weight excluding hydrogens is 561 g/mol. The fraction of sp³-hybridized carbons (Fsp3) is 0.241. The molecule has 2 aromatic heterocycles. The van der Waals surface area contributed by atoms with Crippen LogP contribution in [0.2, 0.25) is 0 Å². The number of thiazole rings is 1. The Morgan fingerprint density at radius 2 is 2.00 bits per heavy atom. The van der Waals surface area contributed by atoms with Gasteiger partial charge in [0.05, 0.1) is 31.0 Å². The maximum absolute atomic E-state index is 13.5. The SMILES string of the molecule is CCOC(=O)Cc1csc(Nc2ncc3c(n2)N(C)C(=O)N(c2cc(NC(=O)c4cccc(CF)c4)ccc2C)C3)n1. The van der Waals surface area contributed by atoms with Crippen LogP contribution in [-0.2, 0) is 29.2 Å². The monoisotopic (exact) mass is 589 g/mol. The van der Waals surface area contributed by atoms with E-state index in [0.717, 1.165) is 11.1 Å². The molecule has 13 heteroatoms. The van der Waals surface area contributed by atoms with Gasteiger partial charge in [-0.25, -0.2) is 19.2 Å². The topological polar surface area (TPSA) is 130 Å². The third-order valence-electron chi connectivity index (χ3n) is 6.51. The molecule has 0 bridgehead atoms. The minimum atomic E-state index is -0.661. The average Bonchev–Trinajstić information content (AvgIpc) is 3.42. The molecule has 0 unspecified atom stereocenters. The summed E-state index contributed by atoms with van der Waals surface area (Å²) < 4.78 is 18.0. The molecular formula is C29H28FN7O4S. The summed E-state index contributed by atoms with van der Waals surface area (Å²) in [7, 11) is 1.63. The Morgan fingerprint density at radius 3 is 2.79 bits per heavy atom. The number of rotatable bonds is 9. The van der Waals surface area contributed by atoms with Gasteiger partial charge < -0.3 is 10.1 Å². The molecule has 0 radical (unpaired) electrons. The molecule has 5 rings (SSSR count). The summed E-state index contributed by atoms with van der Waals surface area (Å²) in [5.41, 5.74) is 3.99. The Balaban J connectivity index is 1.32. The number of nitrogens with one attached hydrogen (secondary N) is 2. The number of benzene rings is 2. The smallest absolute Gasteiger partial charge is 0.330 e. The number of anilines is 5. The van der Waals surface area contributed by atoms with Crippen LogP contribution in [0.4, 0.5) is 37.5 Å². The van der Waals surface area contributed by atoms with Gasteiger partial charge >= 0.3 is 12.0 Å². The molecule has 2 aromatic carbocycles. The number of carbonyl (C=O) groups is 3. The molecule has 42 heavy (non-hydrogen) atoms. The number of nitrogens with zero attached hydrogens (tertiary/aromatic N) is 5. The molecule has 0 atom stereocenters. The lowest BCUT2D eigenvalue weighted by molar-refractivity contribution is -0.142. The Morgan fingerprint density at radius 1 is 1.17 bits per heavy atom. The van der Waals surface area contributed by atoms with E-state index in [2.05, 4.69) is 25.6 Å². The van der Waals surface area contributed by atoms with E-state index in [4.69, 9.17) is 4.74 Å². The van der Waals surface area contributed by atoms with E-state index in [1.54, 1.807) is 60.8 Å². The van der Waals surface area contributed by atoms with Gasteiger partial charge in [-0.1, -0.05) is 18.2 Å². The van der Waals surface area contributed by atoms with Crippen molar-refractivity contribution in [1.29, 1.82) is 0 Å². The lowest BCUT2D eigenvalue weighted by Gasteiger charge is -2.35. The summed E-state index contributed by atoms with van der Waals surface area (Å²) in [6, 6.07) is 11.4. The van der Waals surface area contributed by atoms with Gasteiger partial charge in [0.15, 0.2) is 5.13 Å². The molecule has 4 aromatic rings. The van der Waals surface area contributed by atoms with E-state index in [0.29, 0.717) is 45.8 Å². The summed E-state index contributed by atoms with van der Waals surface area (Å²) in [6.45, 7) is 3.49. The van der Waals surface area contributed by atoms with Crippen LogP contribution in [-0.4, -0.2) is 46.5 Å². The summed E-state index contributed by atoms with van der Waals surface area (Å²) in [5.74, 6) is -0.0201. The number of hydrogen-bond donors (Lipinski definition) is 2. The van der Waals surface area contributed by atoms with Gasteiger partial charge in [-0.2, -0.15) is 4.98 Å². The fourth-order valence-corrected chi connectivity index (χ4v) is 5.14. The fourth-order valence-electron chi connectivity index (χ4n) is 4.44. The number of halogens is 1. The van der Waals surface area contributed by atoms with Crippen molar-refractivity contribution in [3.8, 4) is 0 Å². The van der Waals surface area contributed by atoms with Gasteiger partial charge in [0.1, 0.15) is 12.5 Å². The first-order valence-corrected chi connectivity index (χ1v) is 14.0. The van der Waals surface area contributed by atoms with E-state index in [1.165, 1.54) is 22.3 Å². The number of aryl methyl sites for hydroxylation is 1. The van der Waals surface area contributed by atoms with Crippen molar-refractivity contribution in [2.45, 2.75) is 33.5 Å². The Hall–Kier alpha value is -4.91. The van der Waals surface area contributed by atoms with E-state index in [9.17, 15) is 18.8 Å². The quantitative estimate of drug-likeness (QED) is 0.249. The Labute approximate surface area is 245 Å². The van der Waals surface area contributed by atoms with Crippen LogP contribution in [0.25, 0.3) is 0 Å². The Kier molecular flexibility index (Phi) is 8.38. The number of amides is 3. The highest BCUT2D eigenvalue weighted by molar-refractivity contribution is 7.13. The number of hydrogen-bond acceptors (Lipinski definition) is 9. The maximum Gasteiger partial charge on any atom is 0.330 e. The van der Waals surface area contributed by atoms with Crippen molar-refractivity contribution < 1.29 is 23.5 Å². The second kappa shape index (κ2) is 12.3. The molecule has 11 nitrogen and oxygen atoms in total. The van der Waals surface area contributed by atoms with Crippen LogP contribution >= 0.6 is 11.3 Å². The zero-order valence-corrected chi connectivity index (χ0v) is 24.0. The largest absolute Gasteiger partial charge is 0.466 e. The van der Waals surface area contributed by atoms with Crippen LogP contribution in [0.5, 0.6) is 0 Å². The van der Waals surface area contributed by atoms with Crippen molar-refractivity contribution in [3.05, 3.63) is 82.0 Å². The molecule has 1 aliphatic rings. The van der Waals surface area contributed by atoms with Gasteiger partial charge in [-0.05, 0) is 49.2 Å². The number of fused-ring (bicyclic) bond motifs is 1. The molecule has 0 fully saturated rings. The average molecular weight is 590 g/mol. The van der Waals surface area contributed by atoms with Crippen molar-refractivity contribution in [1.82, 2.24) is 15.0 Å². The lowest BCUT2D eigenvalue weighted by Crippen LogP contribution is -2.46. The highest BCUT2D eigenvalue weighted by Crippen LogP contribution is 2.33. The number of carbonyl (C=O) groups excluding carboxylic acids is 3. The van der Waals surface area contributed by atoms with Crippen LogP contribution in [0.3, 0.4) is 0 Å². The molecule has 2 N–H and O–H groups in total. The highest BCUT2D eigenvalue weighted by atomic mass is 32.1. The summed E-state index contributed by atoms with van der Waals surface area (Å²) >= 11 is 1.30. The van der Waals surface area contributed by atoms with E-state index < -0.39 is 6.67 Å². The molecule has 0 aliphatic carbocycles. The number of esters is 1. The van der Waals surface area contributed by atoms with Crippen molar-refractivity contribution in [2.24, 2.45) is 0 Å². The summed E-state index contributed by atoms with van der Waals surface area (Å²) in [5, 5.41) is 8.13.